The molecule has 0 saturated heterocycles. The minimum atomic E-state index is -0.442. The smallest absolute Gasteiger partial charge is 0.246 e. The predicted molar refractivity (Wildman–Crippen MR) is 104 cm³/mol. The maximum atomic E-state index is 12.1. The molecule has 0 radical (unpaired) electrons. The second-order valence-corrected chi connectivity index (χ2v) is 6.62. The fraction of sp³-hybridized carbons (Fsp3) is 0.350. The second kappa shape index (κ2) is 8.95. The summed E-state index contributed by atoms with van der Waals surface area (Å²) in [4.78, 5) is 24.1. The number of amides is 2. The molecule has 0 atom stereocenters. The van der Waals surface area contributed by atoms with E-state index in [1.807, 2.05) is 18.2 Å². The van der Waals surface area contributed by atoms with E-state index < -0.39 is 5.66 Å². The third-order valence-electron chi connectivity index (χ3n) is 4.37. The SMILES string of the molecule is C#CCCC1(CCC(=O)NCc2cccc(NC(=O)Cn3cccn3)c2)N=N1. The molecule has 1 aliphatic heterocycles. The highest BCUT2D eigenvalue weighted by Crippen LogP contribution is 2.37. The van der Waals surface area contributed by atoms with Crippen molar-refractivity contribution in [3.63, 3.8) is 0 Å². The van der Waals surface area contributed by atoms with Crippen LogP contribution in [0.3, 0.4) is 0 Å². The van der Waals surface area contributed by atoms with Crippen LogP contribution in [0.25, 0.3) is 0 Å². The molecule has 1 aliphatic rings. The highest BCUT2D eigenvalue weighted by molar-refractivity contribution is 5.90. The standard InChI is InChI=1S/C20H22N6O2/c1-2-3-9-20(24-25-20)10-8-18(27)21-14-16-6-4-7-17(13-16)23-19(28)15-26-12-5-11-22-26/h1,4-7,11-13H,3,8-10,14-15H2,(H,21,27)(H,23,28). The average molecular weight is 378 g/mol. The van der Waals surface area contributed by atoms with Gasteiger partial charge in [0.1, 0.15) is 6.54 Å². The van der Waals surface area contributed by atoms with Gasteiger partial charge in [-0.15, -0.1) is 12.3 Å². The van der Waals surface area contributed by atoms with E-state index in [1.165, 1.54) is 0 Å². The maximum absolute atomic E-state index is 12.1. The van der Waals surface area contributed by atoms with Gasteiger partial charge in [0, 0.05) is 50.3 Å². The van der Waals surface area contributed by atoms with Gasteiger partial charge >= 0.3 is 0 Å². The zero-order valence-corrected chi connectivity index (χ0v) is 15.5. The van der Waals surface area contributed by atoms with Crippen LogP contribution in [0.4, 0.5) is 5.69 Å². The van der Waals surface area contributed by atoms with Gasteiger partial charge in [-0.3, -0.25) is 14.3 Å². The van der Waals surface area contributed by atoms with Crippen LogP contribution >= 0.6 is 0 Å². The summed E-state index contributed by atoms with van der Waals surface area (Å²) in [5, 5.41) is 17.8. The molecule has 2 N–H and O–H groups in total. The minimum Gasteiger partial charge on any atom is -0.352 e. The Labute approximate surface area is 163 Å². The van der Waals surface area contributed by atoms with E-state index in [0.29, 0.717) is 37.9 Å². The number of carbonyl (C=O) groups excluding carboxylic acids is 2. The van der Waals surface area contributed by atoms with Crippen molar-refractivity contribution in [2.75, 3.05) is 5.32 Å². The van der Waals surface area contributed by atoms with Gasteiger partial charge in [0.15, 0.2) is 5.66 Å². The third kappa shape index (κ3) is 5.77. The van der Waals surface area contributed by atoms with Crippen molar-refractivity contribution in [3.8, 4) is 12.3 Å². The average Bonchev–Trinajstić information content (AvgIpc) is 3.28. The van der Waals surface area contributed by atoms with E-state index in [4.69, 9.17) is 6.42 Å². The molecule has 0 aliphatic carbocycles. The zero-order chi connectivity index (χ0) is 19.8. The number of hydrogen-bond acceptors (Lipinski definition) is 5. The molecule has 0 fully saturated rings. The van der Waals surface area contributed by atoms with Gasteiger partial charge in [-0.2, -0.15) is 15.3 Å². The minimum absolute atomic E-state index is 0.0643. The number of terminal acetylenes is 1. The van der Waals surface area contributed by atoms with Crippen LogP contribution in [0.1, 0.15) is 31.2 Å². The monoisotopic (exact) mass is 378 g/mol. The maximum Gasteiger partial charge on any atom is 0.246 e. The van der Waals surface area contributed by atoms with Crippen LogP contribution in [0.15, 0.2) is 53.0 Å². The van der Waals surface area contributed by atoms with E-state index in [9.17, 15) is 9.59 Å². The first-order chi connectivity index (χ1) is 13.6. The van der Waals surface area contributed by atoms with Crippen molar-refractivity contribution in [3.05, 3.63) is 48.3 Å². The Morgan fingerprint density at radius 1 is 1.18 bits per heavy atom. The van der Waals surface area contributed by atoms with Gasteiger partial charge in [-0.1, -0.05) is 12.1 Å². The first-order valence-corrected chi connectivity index (χ1v) is 9.09. The lowest BCUT2D eigenvalue weighted by atomic mass is 10.0. The molecule has 2 aromatic rings. The first kappa shape index (κ1) is 19.3. The Hall–Kier alpha value is -3.47. The summed E-state index contributed by atoms with van der Waals surface area (Å²) >= 11 is 0. The Bertz CT molecular complexity index is 892. The molecule has 0 unspecified atom stereocenters. The van der Waals surface area contributed by atoms with Gasteiger partial charge in [-0.05, 0) is 23.8 Å². The van der Waals surface area contributed by atoms with Crippen LogP contribution < -0.4 is 10.6 Å². The summed E-state index contributed by atoms with van der Waals surface area (Å²) in [5.41, 5.74) is 1.13. The van der Waals surface area contributed by atoms with E-state index in [1.54, 1.807) is 29.2 Å². The third-order valence-corrected chi connectivity index (χ3v) is 4.37. The summed E-state index contributed by atoms with van der Waals surface area (Å²) in [6, 6.07) is 9.13. The van der Waals surface area contributed by atoms with Gasteiger partial charge < -0.3 is 10.6 Å². The lowest BCUT2D eigenvalue weighted by Gasteiger charge is -2.10. The highest BCUT2D eigenvalue weighted by atomic mass is 16.2. The largest absolute Gasteiger partial charge is 0.352 e. The molecule has 1 aromatic carbocycles. The Balaban J connectivity index is 1.42. The number of rotatable bonds is 10. The van der Waals surface area contributed by atoms with Gasteiger partial charge in [-0.25, -0.2) is 0 Å². The predicted octanol–water partition coefficient (Wildman–Crippen LogP) is 2.49. The Morgan fingerprint density at radius 3 is 2.75 bits per heavy atom. The van der Waals surface area contributed by atoms with Gasteiger partial charge in [0.05, 0.1) is 0 Å². The summed E-state index contributed by atoms with van der Waals surface area (Å²) < 4.78 is 1.55. The molecule has 28 heavy (non-hydrogen) atoms. The normalized spacial score (nSPS) is 13.5. The molecule has 0 bridgehead atoms. The Kier molecular flexibility index (Phi) is 6.17. The molecule has 0 saturated carbocycles. The van der Waals surface area contributed by atoms with Crippen molar-refractivity contribution in [1.29, 1.82) is 0 Å². The molecule has 8 nitrogen and oxygen atoms in total. The van der Waals surface area contributed by atoms with E-state index >= 15 is 0 Å². The van der Waals surface area contributed by atoms with Crippen molar-refractivity contribution >= 4 is 17.5 Å². The summed E-state index contributed by atoms with van der Waals surface area (Å²) in [7, 11) is 0. The fourth-order valence-electron chi connectivity index (χ4n) is 2.77. The lowest BCUT2D eigenvalue weighted by molar-refractivity contribution is -0.121. The molecule has 8 heteroatoms. The molecule has 1 aromatic heterocycles. The molecule has 0 spiro atoms. The fourth-order valence-corrected chi connectivity index (χ4v) is 2.77. The number of hydrogen-bond donors (Lipinski definition) is 2. The molecule has 3 rings (SSSR count). The summed E-state index contributed by atoms with van der Waals surface area (Å²) in [6.45, 7) is 0.527. The van der Waals surface area contributed by atoms with Crippen molar-refractivity contribution in [1.82, 2.24) is 15.1 Å². The zero-order valence-electron chi connectivity index (χ0n) is 15.5. The molecule has 2 heterocycles. The van der Waals surface area contributed by atoms with Crippen molar-refractivity contribution < 1.29 is 9.59 Å². The summed E-state index contributed by atoms with van der Waals surface area (Å²) in [5.74, 6) is 2.34. The lowest BCUT2D eigenvalue weighted by Crippen LogP contribution is -2.25. The quantitative estimate of drug-likeness (QED) is 0.621. The Morgan fingerprint density at radius 2 is 2.04 bits per heavy atom. The second-order valence-electron chi connectivity index (χ2n) is 6.62. The highest BCUT2D eigenvalue weighted by Gasteiger charge is 2.39. The number of benzene rings is 1. The van der Waals surface area contributed by atoms with E-state index in [2.05, 4.69) is 31.9 Å². The van der Waals surface area contributed by atoms with Crippen LogP contribution in [0, 0.1) is 12.3 Å². The van der Waals surface area contributed by atoms with Crippen LogP contribution in [-0.4, -0.2) is 27.3 Å². The topological polar surface area (TPSA) is 101 Å². The van der Waals surface area contributed by atoms with Crippen LogP contribution in [0.5, 0.6) is 0 Å². The van der Waals surface area contributed by atoms with Crippen LogP contribution in [-0.2, 0) is 22.7 Å². The van der Waals surface area contributed by atoms with E-state index in [0.717, 1.165) is 5.56 Å². The molecular formula is C20H22N6O2. The summed E-state index contributed by atoms with van der Waals surface area (Å²) in [6.07, 6.45) is 10.8. The van der Waals surface area contributed by atoms with E-state index in [-0.39, 0.29) is 18.4 Å². The van der Waals surface area contributed by atoms with Crippen molar-refractivity contribution in [2.45, 2.75) is 44.4 Å². The number of nitrogens with one attached hydrogen (secondary N) is 2. The van der Waals surface area contributed by atoms with Crippen molar-refractivity contribution in [2.24, 2.45) is 10.2 Å². The van der Waals surface area contributed by atoms with Gasteiger partial charge in [0.2, 0.25) is 11.8 Å². The molecule has 144 valence electrons. The molecular weight excluding hydrogens is 356 g/mol. The number of anilines is 1. The molecule has 2 amide bonds. The van der Waals surface area contributed by atoms with Crippen LogP contribution in [0.2, 0.25) is 0 Å². The first-order valence-electron chi connectivity index (χ1n) is 9.09. The van der Waals surface area contributed by atoms with Gasteiger partial charge in [0.25, 0.3) is 0 Å². The number of aromatic nitrogens is 2. The number of nitrogens with zero attached hydrogens (tertiary/aromatic N) is 4. The number of carbonyl (C=O) groups is 2.